The van der Waals surface area contributed by atoms with Crippen LogP contribution in [0.4, 0.5) is 5.82 Å². The molecule has 3 rings (SSSR count). The van der Waals surface area contributed by atoms with E-state index in [1.54, 1.807) is 18.4 Å². The van der Waals surface area contributed by atoms with Crippen molar-refractivity contribution in [3.8, 4) is 0 Å². The molecule has 1 amide bonds. The Hall–Kier alpha value is -2.37. The number of hydrogen-bond acceptors (Lipinski definition) is 5. The molecule has 6 heteroatoms. The smallest absolute Gasteiger partial charge is 0.274 e. The third kappa shape index (κ3) is 3.44. The predicted octanol–water partition coefficient (Wildman–Crippen LogP) is 2.55. The topological polar surface area (TPSA) is 71.3 Å². The van der Waals surface area contributed by atoms with E-state index >= 15 is 0 Å². The Morgan fingerprint density at radius 3 is 2.77 bits per heavy atom. The van der Waals surface area contributed by atoms with Crippen LogP contribution in [0.5, 0.6) is 0 Å². The minimum absolute atomic E-state index is 0.0306. The number of hydrogen-bond donors (Lipinski definition) is 1. The summed E-state index contributed by atoms with van der Waals surface area (Å²) in [7, 11) is 0. The van der Waals surface area contributed by atoms with E-state index < -0.39 is 0 Å². The number of carbonyl (C=O) groups excluding carboxylic acids is 1. The number of nitrogens with one attached hydrogen (secondary N) is 1. The zero-order valence-electron chi connectivity index (χ0n) is 12.7. The second-order valence-corrected chi connectivity index (χ2v) is 5.71. The van der Waals surface area contributed by atoms with Gasteiger partial charge in [-0.15, -0.1) is 10.2 Å². The number of rotatable bonds is 4. The van der Waals surface area contributed by atoms with Gasteiger partial charge in [-0.25, -0.2) is 0 Å². The quantitative estimate of drug-likeness (QED) is 0.939. The van der Waals surface area contributed by atoms with E-state index in [-0.39, 0.29) is 5.91 Å². The molecular formula is C16H20N4O2. The van der Waals surface area contributed by atoms with Gasteiger partial charge in [-0.05, 0) is 43.0 Å². The number of anilines is 1. The van der Waals surface area contributed by atoms with Gasteiger partial charge in [-0.2, -0.15) is 0 Å². The maximum Gasteiger partial charge on any atom is 0.274 e. The molecule has 3 heterocycles. The molecule has 22 heavy (non-hydrogen) atoms. The average molecular weight is 300 g/mol. The number of carbonyl (C=O) groups is 1. The maximum atomic E-state index is 12.4. The second-order valence-electron chi connectivity index (χ2n) is 5.71. The van der Waals surface area contributed by atoms with Crippen LogP contribution in [-0.2, 0) is 6.54 Å². The van der Waals surface area contributed by atoms with Gasteiger partial charge in [-0.3, -0.25) is 4.79 Å². The molecule has 1 saturated heterocycles. The normalized spacial score (nSPS) is 15.8. The number of nitrogens with zero attached hydrogens (tertiary/aromatic N) is 3. The molecule has 6 nitrogen and oxygen atoms in total. The van der Waals surface area contributed by atoms with Gasteiger partial charge in [0.05, 0.1) is 12.8 Å². The van der Waals surface area contributed by atoms with Crippen molar-refractivity contribution < 1.29 is 9.21 Å². The lowest BCUT2D eigenvalue weighted by Crippen LogP contribution is -2.38. The van der Waals surface area contributed by atoms with Gasteiger partial charge < -0.3 is 14.6 Å². The van der Waals surface area contributed by atoms with Crippen LogP contribution in [0.15, 0.2) is 34.9 Å². The Balaban J connectivity index is 1.57. The minimum atomic E-state index is -0.0306. The molecule has 0 saturated carbocycles. The molecule has 0 unspecified atom stereocenters. The van der Waals surface area contributed by atoms with Crippen molar-refractivity contribution >= 4 is 11.7 Å². The number of piperidine rings is 1. The molecule has 0 aromatic carbocycles. The molecule has 2 aromatic rings. The van der Waals surface area contributed by atoms with Crippen molar-refractivity contribution in [2.24, 2.45) is 5.92 Å². The van der Waals surface area contributed by atoms with E-state index in [0.29, 0.717) is 24.0 Å². The highest BCUT2D eigenvalue weighted by Crippen LogP contribution is 2.17. The van der Waals surface area contributed by atoms with E-state index in [2.05, 4.69) is 22.4 Å². The summed E-state index contributed by atoms with van der Waals surface area (Å²) in [6.45, 7) is 4.38. The van der Waals surface area contributed by atoms with Crippen molar-refractivity contribution in [1.29, 1.82) is 0 Å². The summed E-state index contributed by atoms with van der Waals surface area (Å²) in [6, 6.07) is 7.22. The Morgan fingerprint density at radius 1 is 1.32 bits per heavy atom. The Kier molecular flexibility index (Phi) is 4.37. The van der Waals surface area contributed by atoms with Gasteiger partial charge in [-0.1, -0.05) is 6.92 Å². The van der Waals surface area contributed by atoms with Crippen molar-refractivity contribution in [3.63, 3.8) is 0 Å². The number of aromatic nitrogens is 2. The molecule has 0 radical (unpaired) electrons. The van der Waals surface area contributed by atoms with Crippen LogP contribution in [0.2, 0.25) is 0 Å². The fraction of sp³-hybridized carbons (Fsp3) is 0.438. The highest BCUT2D eigenvalue weighted by atomic mass is 16.3. The van der Waals surface area contributed by atoms with Crippen LogP contribution in [0.25, 0.3) is 0 Å². The Bertz CT molecular complexity index is 602. The lowest BCUT2D eigenvalue weighted by atomic mass is 9.99. The lowest BCUT2D eigenvalue weighted by molar-refractivity contribution is 0.0690. The first-order valence-electron chi connectivity index (χ1n) is 7.61. The molecule has 1 aliphatic rings. The van der Waals surface area contributed by atoms with Crippen LogP contribution >= 0.6 is 0 Å². The van der Waals surface area contributed by atoms with E-state index in [1.165, 1.54) is 0 Å². The zero-order valence-corrected chi connectivity index (χ0v) is 12.7. The van der Waals surface area contributed by atoms with E-state index in [4.69, 9.17) is 4.42 Å². The van der Waals surface area contributed by atoms with Crippen molar-refractivity contribution in [2.45, 2.75) is 26.3 Å². The van der Waals surface area contributed by atoms with Gasteiger partial charge in [0.15, 0.2) is 5.69 Å². The fourth-order valence-corrected chi connectivity index (χ4v) is 2.51. The standard InChI is InChI=1S/C16H20N4O2/c1-12-6-8-20(9-7-12)16(21)14-4-5-15(19-18-14)17-11-13-3-2-10-22-13/h2-5,10,12H,6-9,11H2,1H3,(H,17,19). The van der Waals surface area contributed by atoms with Crippen molar-refractivity contribution in [3.05, 3.63) is 42.0 Å². The first kappa shape index (κ1) is 14.6. The molecule has 116 valence electrons. The van der Waals surface area contributed by atoms with Crippen LogP contribution in [0.1, 0.15) is 36.0 Å². The summed E-state index contributed by atoms with van der Waals surface area (Å²) >= 11 is 0. The number of furan rings is 1. The van der Waals surface area contributed by atoms with Crippen LogP contribution < -0.4 is 5.32 Å². The lowest BCUT2D eigenvalue weighted by Gasteiger charge is -2.29. The summed E-state index contributed by atoms with van der Waals surface area (Å²) in [5.41, 5.74) is 0.401. The molecule has 1 fully saturated rings. The summed E-state index contributed by atoms with van der Waals surface area (Å²) < 4.78 is 5.23. The summed E-state index contributed by atoms with van der Waals surface area (Å²) in [5.74, 6) is 2.12. The third-order valence-electron chi connectivity index (χ3n) is 3.98. The fourth-order valence-electron chi connectivity index (χ4n) is 2.51. The number of likely N-dealkylation sites (tertiary alicyclic amines) is 1. The van der Waals surface area contributed by atoms with E-state index in [9.17, 15) is 4.79 Å². The second kappa shape index (κ2) is 6.60. The molecule has 0 spiro atoms. The largest absolute Gasteiger partial charge is 0.467 e. The first-order chi connectivity index (χ1) is 10.7. The van der Waals surface area contributed by atoms with Crippen LogP contribution in [0, 0.1) is 5.92 Å². The van der Waals surface area contributed by atoms with Crippen LogP contribution in [-0.4, -0.2) is 34.1 Å². The average Bonchev–Trinajstić information content (AvgIpc) is 3.07. The van der Waals surface area contributed by atoms with Gasteiger partial charge in [0, 0.05) is 13.1 Å². The van der Waals surface area contributed by atoms with Crippen molar-refractivity contribution in [1.82, 2.24) is 15.1 Å². The molecule has 0 aliphatic carbocycles. The zero-order chi connectivity index (χ0) is 15.4. The SMILES string of the molecule is CC1CCN(C(=O)c2ccc(NCc3ccco3)nn2)CC1. The minimum Gasteiger partial charge on any atom is -0.467 e. The molecule has 1 aliphatic heterocycles. The third-order valence-corrected chi connectivity index (χ3v) is 3.98. The van der Waals surface area contributed by atoms with E-state index in [0.717, 1.165) is 31.7 Å². The van der Waals surface area contributed by atoms with E-state index in [1.807, 2.05) is 17.0 Å². The molecule has 1 N–H and O–H groups in total. The summed E-state index contributed by atoms with van der Waals surface area (Å²) in [6.07, 6.45) is 3.74. The highest BCUT2D eigenvalue weighted by Gasteiger charge is 2.22. The monoisotopic (exact) mass is 300 g/mol. The Morgan fingerprint density at radius 2 is 2.14 bits per heavy atom. The predicted molar refractivity (Wildman–Crippen MR) is 82.4 cm³/mol. The first-order valence-corrected chi connectivity index (χ1v) is 7.61. The Labute approximate surface area is 129 Å². The number of amides is 1. The van der Waals surface area contributed by atoms with Gasteiger partial charge in [0.1, 0.15) is 11.6 Å². The van der Waals surface area contributed by atoms with Gasteiger partial charge in [0.2, 0.25) is 0 Å². The highest BCUT2D eigenvalue weighted by molar-refractivity contribution is 5.92. The van der Waals surface area contributed by atoms with Crippen LogP contribution in [0.3, 0.4) is 0 Å². The van der Waals surface area contributed by atoms with Crippen molar-refractivity contribution in [2.75, 3.05) is 18.4 Å². The molecule has 0 atom stereocenters. The molecule has 0 bridgehead atoms. The molecular weight excluding hydrogens is 280 g/mol. The summed E-state index contributed by atoms with van der Waals surface area (Å²) in [4.78, 5) is 14.2. The molecule has 2 aromatic heterocycles. The van der Waals surface area contributed by atoms with Gasteiger partial charge >= 0.3 is 0 Å². The maximum absolute atomic E-state index is 12.4. The van der Waals surface area contributed by atoms with Gasteiger partial charge in [0.25, 0.3) is 5.91 Å². The summed E-state index contributed by atoms with van der Waals surface area (Å²) in [5, 5.41) is 11.2.